The van der Waals surface area contributed by atoms with Crippen molar-refractivity contribution < 1.29 is 9.53 Å². The maximum Gasteiger partial charge on any atom is 0.331 e. The van der Waals surface area contributed by atoms with Crippen molar-refractivity contribution in [3.63, 3.8) is 0 Å². The lowest BCUT2D eigenvalue weighted by molar-refractivity contribution is -0.144. The van der Waals surface area contributed by atoms with Crippen molar-refractivity contribution in [2.24, 2.45) is 0 Å². The molecule has 0 saturated heterocycles. The van der Waals surface area contributed by atoms with Gasteiger partial charge in [-0.2, -0.15) is 0 Å². The minimum atomic E-state index is -0.370. The first-order valence-corrected chi connectivity index (χ1v) is 6.23. The molecule has 0 aromatic carbocycles. The highest BCUT2D eigenvalue weighted by Crippen LogP contribution is 2.08. The van der Waals surface area contributed by atoms with Crippen LogP contribution in [0.4, 0.5) is 0 Å². The molecular formula is C13H25NO2. The zero-order valence-electron chi connectivity index (χ0n) is 10.8. The Bertz CT molecular complexity index is 204. The van der Waals surface area contributed by atoms with Crippen molar-refractivity contribution in [1.29, 1.82) is 0 Å². The highest BCUT2D eigenvalue weighted by atomic mass is 16.6. The van der Waals surface area contributed by atoms with Crippen LogP contribution in [0.3, 0.4) is 0 Å². The Labute approximate surface area is 99.3 Å². The van der Waals surface area contributed by atoms with Crippen LogP contribution in [0.15, 0.2) is 12.7 Å². The maximum absolute atomic E-state index is 11.0. The molecule has 16 heavy (non-hydrogen) atoms. The van der Waals surface area contributed by atoms with Crippen LogP contribution in [-0.2, 0) is 9.53 Å². The van der Waals surface area contributed by atoms with Crippen LogP contribution in [-0.4, -0.2) is 18.2 Å². The molecule has 2 unspecified atom stereocenters. The number of nitrogens with one attached hydrogen (secondary N) is 1. The van der Waals surface area contributed by atoms with Gasteiger partial charge in [-0.15, -0.1) is 0 Å². The minimum Gasteiger partial charge on any atom is -0.444 e. The maximum atomic E-state index is 11.0. The van der Waals surface area contributed by atoms with E-state index in [4.69, 9.17) is 4.74 Å². The molecule has 0 saturated carbocycles. The lowest BCUT2D eigenvalue weighted by atomic mass is 10.1. The van der Waals surface area contributed by atoms with Crippen LogP contribution in [0.2, 0.25) is 0 Å². The zero-order chi connectivity index (χ0) is 12.4. The monoisotopic (exact) mass is 227 g/mol. The molecule has 94 valence electrons. The molecule has 0 aromatic rings. The van der Waals surface area contributed by atoms with Crippen LogP contribution >= 0.6 is 0 Å². The molecule has 0 aliphatic rings. The van der Waals surface area contributed by atoms with Gasteiger partial charge in [-0.05, 0) is 19.8 Å². The van der Waals surface area contributed by atoms with Gasteiger partial charge in [0.2, 0.25) is 0 Å². The summed E-state index contributed by atoms with van der Waals surface area (Å²) in [5, 5.41) is 3.33. The van der Waals surface area contributed by atoms with Crippen LogP contribution in [0.5, 0.6) is 0 Å². The predicted molar refractivity (Wildman–Crippen MR) is 67.1 cm³/mol. The van der Waals surface area contributed by atoms with Crippen molar-refractivity contribution in [3.8, 4) is 0 Å². The third-order valence-corrected chi connectivity index (χ3v) is 2.47. The van der Waals surface area contributed by atoms with Crippen molar-refractivity contribution in [1.82, 2.24) is 5.32 Å². The van der Waals surface area contributed by atoms with Crippen LogP contribution < -0.4 is 5.32 Å². The van der Waals surface area contributed by atoms with Crippen molar-refractivity contribution in [2.45, 2.75) is 65.1 Å². The molecule has 0 heterocycles. The fraction of sp³-hybridized carbons (Fsp3) is 0.769. The second-order valence-electron chi connectivity index (χ2n) is 4.08. The first kappa shape index (κ1) is 15.2. The number of ether oxygens (including phenoxy) is 1. The Kier molecular flexibility index (Phi) is 8.91. The van der Waals surface area contributed by atoms with Gasteiger partial charge in [0.15, 0.2) is 6.23 Å². The summed E-state index contributed by atoms with van der Waals surface area (Å²) in [7, 11) is 0. The molecule has 0 rings (SSSR count). The van der Waals surface area contributed by atoms with Gasteiger partial charge in [-0.1, -0.05) is 39.7 Å². The third-order valence-electron chi connectivity index (χ3n) is 2.47. The lowest BCUT2D eigenvalue weighted by Gasteiger charge is -2.22. The number of hydrogen-bond acceptors (Lipinski definition) is 3. The van der Waals surface area contributed by atoms with E-state index in [-0.39, 0.29) is 12.2 Å². The number of unbranched alkanes of at least 4 members (excludes halogenated alkanes) is 1. The zero-order valence-corrected chi connectivity index (χ0v) is 10.8. The van der Waals surface area contributed by atoms with Crippen molar-refractivity contribution >= 4 is 5.97 Å². The number of esters is 1. The van der Waals surface area contributed by atoms with Gasteiger partial charge in [-0.25, -0.2) is 4.79 Å². The summed E-state index contributed by atoms with van der Waals surface area (Å²) >= 11 is 0. The molecule has 0 radical (unpaired) electrons. The number of hydrogen-bond donors (Lipinski definition) is 1. The number of carbonyl (C=O) groups is 1. The second-order valence-corrected chi connectivity index (χ2v) is 4.08. The van der Waals surface area contributed by atoms with Gasteiger partial charge in [0, 0.05) is 12.1 Å². The van der Waals surface area contributed by atoms with Gasteiger partial charge in [-0.3, -0.25) is 5.32 Å². The van der Waals surface area contributed by atoms with E-state index in [0.717, 1.165) is 19.3 Å². The third kappa shape index (κ3) is 7.46. The summed E-state index contributed by atoms with van der Waals surface area (Å²) < 4.78 is 5.09. The Morgan fingerprint density at radius 2 is 2.06 bits per heavy atom. The van der Waals surface area contributed by atoms with Crippen molar-refractivity contribution in [3.05, 3.63) is 12.7 Å². The highest BCUT2D eigenvalue weighted by molar-refractivity contribution is 5.81. The van der Waals surface area contributed by atoms with Crippen LogP contribution in [0.25, 0.3) is 0 Å². The normalized spacial score (nSPS) is 14.2. The lowest BCUT2D eigenvalue weighted by Crippen LogP contribution is -2.39. The Balaban J connectivity index is 3.95. The van der Waals surface area contributed by atoms with E-state index < -0.39 is 0 Å². The molecule has 3 nitrogen and oxygen atoms in total. The van der Waals surface area contributed by atoms with Crippen LogP contribution in [0.1, 0.15) is 52.9 Å². The quantitative estimate of drug-likeness (QED) is 0.374. The second kappa shape index (κ2) is 9.40. The molecule has 0 fully saturated rings. The highest BCUT2D eigenvalue weighted by Gasteiger charge is 2.12. The first-order valence-electron chi connectivity index (χ1n) is 6.23. The standard InChI is InChI=1S/C13H25NO2/c1-5-8-10-12(9-6-2)14-11(4)16-13(15)7-3/h7,11-12,14H,3,5-6,8-10H2,1-2,4H3. The topological polar surface area (TPSA) is 38.3 Å². The van der Waals surface area contributed by atoms with Crippen LogP contribution in [0, 0.1) is 0 Å². The Hall–Kier alpha value is -0.830. The average molecular weight is 227 g/mol. The van der Waals surface area contributed by atoms with E-state index in [1.807, 2.05) is 6.92 Å². The predicted octanol–water partition coefficient (Wildman–Crippen LogP) is 3.01. The SMILES string of the molecule is C=CC(=O)OC(C)NC(CCC)CCCC. The van der Waals surface area contributed by atoms with Crippen molar-refractivity contribution in [2.75, 3.05) is 0 Å². The summed E-state index contributed by atoms with van der Waals surface area (Å²) in [6, 6.07) is 0.442. The molecule has 0 bridgehead atoms. The smallest absolute Gasteiger partial charge is 0.331 e. The fourth-order valence-electron chi connectivity index (χ4n) is 1.70. The largest absolute Gasteiger partial charge is 0.444 e. The molecule has 2 atom stereocenters. The minimum absolute atomic E-state index is 0.237. The molecule has 0 spiro atoms. The van der Waals surface area contributed by atoms with Gasteiger partial charge in [0.1, 0.15) is 0 Å². The number of carbonyl (C=O) groups excluding carboxylic acids is 1. The number of rotatable bonds is 9. The van der Waals surface area contributed by atoms with E-state index in [1.165, 1.54) is 18.9 Å². The summed E-state index contributed by atoms with van der Waals surface area (Å²) in [6.45, 7) is 9.59. The summed E-state index contributed by atoms with van der Waals surface area (Å²) in [5.74, 6) is -0.370. The van der Waals surface area contributed by atoms with Gasteiger partial charge in [0.25, 0.3) is 0 Å². The Morgan fingerprint density at radius 3 is 2.56 bits per heavy atom. The molecule has 0 aliphatic heterocycles. The Morgan fingerprint density at radius 1 is 1.38 bits per heavy atom. The van der Waals surface area contributed by atoms with E-state index in [1.54, 1.807) is 0 Å². The first-order chi connectivity index (χ1) is 7.63. The van der Waals surface area contributed by atoms with Gasteiger partial charge >= 0.3 is 5.97 Å². The molecule has 0 aromatic heterocycles. The van der Waals surface area contributed by atoms with Gasteiger partial charge in [0.05, 0.1) is 0 Å². The summed E-state index contributed by atoms with van der Waals surface area (Å²) in [4.78, 5) is 11.0. The summed E-state index contributed by atoms with van der Waals surface area (Å²) in [5.41, 5.74) is 0. The summed E-state index contributed by atoms with van der Waals surface area (Å²) in [6.07, 6.45) is 6.76. The van der Waals surface area contributed by atoms with E-state index in [0.29, 0.717) is 6.04 Å². The average Bonchev–Trinajstić information content (AvgIpc) is 2.25. The van der Waals surface area contributed by atoms with E-state index in [9.17, 15) is 4.79 Å². The molecule has 0 amide bonds. The molecule has 0 aliphatic carbocycles. The molecular weight excluding hydrogens is 202 g/mol. The molecule has 1 N–H and O–H groups in total. The van der Waals surface area contributed by atoms with E-state index >= 15 is 0 Å². The van der Waals surface area contributed by atoms with E-state index in [2.05, 4.69) is 25.7 Å². The molecule has 3 heteroatoms. The van der Waals surface area contributed by atoms with Gasteiger partial charge < -0.3 is 4.74 Å². The fourth-order valence-corrected chi connectivity index (χ4v) is 1.70.